The fourth-order valence-corrected chi connectivity index (χ4v) is 5.55. The first-order chi connectivity index (χ1) is 22.3. The highest BCUT2D eigenvalue weighted by Gasteiger charge is 2.30. The molecule has 0 spiro atoms. The van der Waals surface area contributed by atoms with E-state index in [1.54, 1.807) is 19.1 Å². The summed E-state index contributed by atoms with van der Waals surface area (Å²) in [7, 11) is 3.16. The molecule has 0 unspecified atom stereocenters. The van der Waals surface area contributed by atoms with Crippen molar-refractivity contribution in [1.29, 1.82) is 0 Å². The summed E-state index contributed by atoms with van der Waals surface area (Å²) in [6, 6.07) is 3.71. The zero-order valence-electron chi connectivity index (χ0n) is 27.0. The zero-order chi connectivity index (χ0) is 34.0. The largest absolute Gasteiger partial charge is 0.493 e. The van der Waals surface area contributed by atoms with E-state index in [9.17, 15) is 9.59 Å². The van der Waals surface area contributed by atoms with E-state index in [1.165, 1.54) is 0 Å². The number of nitrogen functional groups attached to an aromatic ring is 1. The second-order valence-electron chi connectivity index (χ2n) is 11.9. The number of halogens is 1. The average Bonchev–Trinajstić information content (AvgIpc) is 3.03. The van der Waals surface area contributed by atoms with Crippen LogP contribution in [0.1, 0.15) is 31.3 Å². The predicted molar refractivity (Wildman–Crippen MR) is 179 cm³/mol. The fraction of sp³-hybridized carbons (Fsp3) is 0.483. The Labute approximate surface area is 276 Å². The highest BCUT2D eigenvalue weighted by atomic mass is 35.5. The summed E-state index contributed by atoms with van der Waals surface area (Å²) in [4.78, 5) is 54.6. The Morgan fingerprint density at radius 3 is 2.00 bits per heavy atom. The number of nitrogens with zero attached hydrogens (tertiary/aromatic N) is 9. The number of methoxy groups -OCH3 is 2. The third-order valence-corrected chi connectivity index (χ3v) is 7.81. The molecule has 6 N–H and O–H groups in total. The second kappa shape index (κ2) is 13.4. The number of aromatic nitrogens is 4. The van der Waals surface area contributed by atoms with Gasteiger partial charge in [0.05, 0.1) is 19.7 Å². The number of fused-ring (bicyclic) bond motifs is 1. The summed E-state index contributed by atoms with van der Waals surface area (Å²) in [5.41, 5.74) is 16.5. The molecule has 18 heteroatoms. The molecule has 5 rings (SSSR count). The quantitative estimate of drug-likeness (QED) is 0.250. The number of guanidine groups is 1. The normalized spacial score (nSPS) is 15.4. The highest BCUT2D eigenvalue weighted by molar-refractivity contribution is 6.32. The number of ether oxygens (including phenoxy) is 3. The Hall–Kier alpha value is -5.06. The lowest BCUT2D eigenvalue weighted by atomic mass is 10.1. The van der Waals surface area contributed by atoms with E-state index in [1.807, 2.05) is 37.8 Å². The van der Waals surface area contributed by atoms with Gasteiger partial charge in [0.25, 0.3) is 0 Å². The van der Waals surface area contributed by atoms with E-state index in [0.29, 0.717) is 81.1 Å². The van der Waals surface area contributed by atoms with Crippen molar-refractivity contribution >= 4 is 63.9 Å². The number of benzene rings is 1. The van der Waals surface area contributed by atoms with Gasteiger partial charge in [-0.25, -0.2) is 19.7 Å². The standard InChI is InChI=1S/C29H39ClN12O5/c1-29(2,3)47-28(44)42-12-8-39(9-13-42)23-16-14-18(45-4)19(46-5)15-17(16)34-27(37-23)41-10-6-40(7-11-41)24-21(30)35-20(22(31)36-24)25(43)38-26(32)33/h14-15H,6-13H2,1-5H3,(H2,31,36)(H4,32,33,38,43). The number of carbonyl (C=O) groups is 2. The third kappa shape index (κ3) is 7.34. The summed E-state index contributed by atoms with van der Waals surface area (Å²) in [6.07, 6.45) is -0.337. The van der Waals surface area contributed by atoms with Crippen LogP contribution >= 0.6 is 11.6 Å². The van der Waals surface area contributed by atoms with Gasteiger partial charge in [0.2, 0.25) is 5.95 Å². The predicted octanol–water partition coefficient (Wildman–Crippen LogP) is 1.47. The van der Waals surface area contributed by atoms with Gasteiger partial charge in [0.1, 0.15) is 11.4 Å². The van der Waals surface area contributed by atoms with Gasteiger partial charge in [-0.15, -0.1) is 0 Å². The molecule has 4 heterocycles. The van der Waals surface area contributed by atoms with Crippen molar-refractivity contribution < 1.29 is 23.8 Å². The molecule has 2 fully saturated rings. The van der Waals surface area contributed by atoms with Crippen molar-refractivity contribution in [2.24, 2.45) is 16.5 Å². The molecule has 0 radical (unpaired) electrons. The van der Waals surface area contributed by atoms with Crippen LogP contribution in [0.5, 0.6) is 11.5 Å². The summed E-state index contributed by atoms with van der Waals surface area (Å²) >= 11 is 6.42. The topological polar surface area (TPSA) is 217 Å². The van der Waals surface area contributed by atoms with E-state index >= 15 is 0 Å². The lowest BCUT2D eigenvalue weighted by Crippen LogP contribution is -2.50. The molecule has 2 amide bonds. The molecular formula is C29H39ClN12O5. The summed E-state index contributed by atoms with van der Waals surface area (Å²) in [6.45, 7) is 9.64. The second-order valence-corrected chi connectivity index (χ2v) is 12.3. The lowest BCUT2D eigenvalue weighted by molar-refractivity contribution is 0.0240. The van der Waals surface area contributed by atoms with Crippen molar-refractivity contribution in [3.05, 3.63) is 23.0 Å². The van der Waals surface area contributed by atoms with E-state index in [-0.39, 0.29) is 22.8 Å². The van der Waals surface area contributed by atoms with Crippen molar-refractivity contribution in [2.45, 2.75) is 26.4 Å². The number of anilines is 4. The minimum atomic E-state index is -0.835. The van der Waals surface area contributed by atoms with Crippen molar-refractivity contribution in [1.82, 2.24) is 24.8 Å². The van der Waals surface area contributed by atoms with E-state index in [4.69, 9.17) is 53.0 Å². The maximum atomic E-state index is 12.7. The summed E-state index contributed by atoms with van der Waals surface area (Å²) in [5, 5.41) is 0.793. The molecule has 0 bridgehead atoms. The molecular weight excluding hydrogens is 632 g/mol. The minimum absolute atomic E-state index is 0.00222. The number of hydrogen-bond acceptors (Lipinski definition) is 13. The number of hydrogen-bond donors (Lipinski definition) is 3. The van der Waals surface area contributed by atoms with Gasteiger partial charge in [0.15, 0.2) is 39.9 Å². The Kier molecular flexibility index (Phi) is 9.46. The first kappa shape index (κ1) is 33.3. The van der Waals surface area contributed by atoms with Crippen molar-refractivity contribution in [3.8, 4) is 11.5 Å². The number of carbonyl (C=O) groups excluding carboxylic acids is 2. The third-order valence-electron chi connectivity index (χ3n) is 7.56. The minimum Gasteiger partial charge on any atom is -0.493 e. The maximum absolute atomic E-state index is 12.7. The number of rotatable bonds is 6. The van der Waals surface area contributed by atoms with Crippen LogP contribution < -0.4 is 41.4 Å². The lowest BCUT2D eigenvalue weighted by Gasteiger charge is -2.38. The van der Waals surface area contributed by atoms with E-state index < -0.39 is 17.5 Å². The first-order valence-electron chi connectivity index (χ1n) is 14.9. The van der Waals surface area contributed by atoms with Crippen LogP contribution in [0.4, 0.5) is 28.2 Å². The molecule has 252 valence electrons. The van der Waals surface area contributed by atoms with Crippen LogP contribution in [-0.2, 0) is 4.74 Å². The highest BCUT2D eigenvalue weighted by Crippen LogP contribution is 2.37. The smallest absolute Gasteiger partial charge is 0.410 e. The summed E-state index contributed by atoms with van der Waals surface area (Å²) in [5.74, 6) is 1.30. The first-order valence-corrected chi connectivity index (χ1v) is 15.3. The Bertz CT molecular complexity index is 1700. The summed E-state index contributed by atoms with van der Waals surface area (Å²) < 4.78 is 16.7. The van der Waals surface area contributed by atoms with Gasteiger partial charge < -0.3 is 51.0 Å². The van der Waals surface area contributed by atoms with Crippen LogP contribution in [-0.4, -0.2) is 115 Å². The van der Waals surface area contributed by atoms with Gasteiger partial charge in [-0.2, -0.15) is 9.98 Å². The monoisotopic (exact) mass is 670 g/mol. The maximum Gasteiger partial charge on any atom is 0.410 e. The van der Waals surface area contributed by atoms with Crippen LogP contribution in [0.25, 0.3) is 10.9 Å². The van der Waals surface area contributed by atoms with Gasteiger partial charge in [0, 0.05) is 63.8 Å². The van der Waals surface area contributed by atoms with E-state index in [0.717, 1.165) is 11.2 Å². The van der Waals surface area contributed by atoms with Crippen LogP contribution in [0.2, 0.25) is 5.15 Å². The molecule has 2 aliphatic rings. The molecule has 0 saturated carbocycles. The SMILES string of the molecule is COc1cc2nc(N3CCN(c4nc(N)c(C(=O)N=C(N)N)nc4Cl)CC3)nc(N3CCN(C(=O)OC(C)(C)C)CC3)c2cc1OC. The molecule has 3 aromatic rings. The Balaban J connectivity index is 1.39. The van der Waals surface area contributed by atoms with Crippen LogP contribution in [0, 0.1) is 0 Å². The molecule has 1 aromatic carbocycles. The van der Waals surface area contributed by atoms with Gasteiger partial charge in [-0.1, -0.05) is 11.6 Å². The van der Waals surface area contributed by atoms with Gasteiger partial charge in [-0.3, -0.25) is 4.79 Å². The fourth-order valence-electron chi connectivity index (χ4n) is 5.30. The van der Waals surface area contributed by atoms with Crippen molar-refractivity contribution in [2.75, 3.05) is 87.0 Å². The van der Waals surface area contributed by atoms with Gasteiger partial charge in [-0.05, 0) is 26.8 Å². The number of aliphatic imine (C=N–C) groups is 1. The van der Waals surface area contributed by atoms with Crippen LogP contribution in [0.3, 0.4) is 0 Å². The molecule has 2 aromatic heterocycles. The van der Waals surface area contributed by atoms with Crippen molar-refractivity contribution in [3.63, 3.8) is 0 Å². The Morgan fingerprint density at radius 2 is 1.40 bits per heavy atom. The molecule has 0 atom stereocenters. The molecule has 2 aliphatic heterocycles. The number of piperazine rings is 2. The van der Waals surface area contributed by atoms with E-state index in [2.05, 4.69) is 24.8 Å². The molecule has 0 aliphatic carbocycles. The molecule has 17 nitrogen and oxygen atoms in total. The number of nitrogens with two attached hydrogens (primary N) is 3. The zero-order valence-corrected chi connectivity index (χ0v) is 27.7. The average molecular weight is 671 g/mol. The van der Waals surface area contributed by atoms with Gasteiger partial charge >= 0.3 is 12.0 Å². The molecule has 47 heavy (non-hydrogen) atoms. The number of amides is 2. The molecule has 2 saturated heterocycles. The Morgan fingerprint density at radius 1 is 0.830 bits per heavy atom. The van der Waals surface area contributed by atoms with Crippen LogP contribution in [0.15, 0.2) is 17.1 Å².